The van der Waals surface area contributed by atoms with Crippen molar-refractivity contribution in [1.29, 1.82) is 0 Å². The first-order valence-electron chi connectivity index (χ1n) is 13.5. The maximum Gasteiger partial charge on any atom is 0.287 e. The number of hydrogen-bond acceptors (Lipinski definition) is 9. The maximum atomic E-state index is 13.7. The Morgan fingerprint density at radius 1 is 1.15 bits per heavy atom. The zero-order chi connectivity index (χ0) is 29.1. The van der Waals surface area contributed by atoms with Crippen LogP contribution in [-0.2, 0) is 19.2 Å². The number of carbonyl (C=O) groups is 5. The number of hydrazine groups is 1. The number of thioether (sulfide) groups is 1. The predicted molar refractivity (Wildman–Crippen MR) is 153 cm³/mol. The van der Waals surface area contributed by atoms with E-state index in [0.29, 0.717) is 19.4 Å². The Kier molecular flexibility index (Phi) is 8.74. The minimum absolute atomic E-state index is 0.0375. The summed E-state index contributed by atoms with van der Waals surface area (Å²) in [4.78, 5) is 70.7. The minimum atomic E-state index is -1.01. The number of nitrogens with one attached hydrogen (secondary N) is 2. The van der Waals surface area contributed by atoms with Crippen LogP contribution >= 0.6 is 23.1 Å². The zero-order valence-corrected chi connectivity index (χ0v) is 24.3. The van der Waals surface area contributed by atoms with Crippen molar-refractivity contribution in [1.82, 2.24) is 25.6 Å². The second-order valence-electron chi connectivity index (χ2n) is 10.3. The number of nitrogens with zero attached hydrogens (tertiary/aromatic N) is 3. The Labute approximate surface area is 245 Å². The molecule has 216 valence electrons. The van der Waals surface area contributed by atoms with E-state index in [4.69, 9.17) is 4.42 Å². The van der Waals surface area contributed by atoms with Crippen LogP contribution in [0.2, 0.25) is 0 Å². The topological polar surface area (TPSA) is 142 Å². The first-order valence-corrected chi connectivity index (χ1v) is 15.3. The molecule has 0 spiro atoms. The summed E-state index contributed by atoms with van der Waals surface area (Å²) in [6.07, 6.45) is 2.33. The van der Waals surface area contributed by atoms with Gasteiger partial charge >= 0.3 is 0 Å². The predicted octanol–water partition coefficient (Wildman–Crippen LogP) is 3.02. The number of aromatic nitrogens is 1. The van der Waals surface area contributed by atoms with Crippen LogP contribution in [0, 0.1) is 5.92 Å². The van der Waals surface area contributed by atoms with Gasteiger partial charge in [-0.05, 0) is 49.4 Å². The van der Waals surface area contributed by atoms with Crippen LogP contribution in [-0.4, -0.2) is 74.8 Å². The summed E-state index contributed by atoms with van der Waals surface area (Å²) in [5.41, 5.74) is 0.873. The molecule has 3 atom stereocenters. The van der Waals surface area contributed by atoms with Crippen LogP contribution in [0.1, 0.15) is 50.1 Å². The standard InChI is InChI=1S/C28H31N5O6S2/c1-16(2)24(20(34)15-40-28-30-17-7-3-4-10-22(17)41-28)31-25(36)19-8-5-13-32-23(35)12-11-18(27(38)33(19)32)29-26(37)21-9-6-14-39-21/h3-4,6-7,9-10,14,16,18-19,24H,5,8,11-13,15H2,1-2H3,(H,29,37)(H,31,36)/t18-,19-,24-/m0/s1. The van der Waals surface area contributed by atoms with E-state index in [0.717, 1.165) is 14.6 Å². The number of amides is 4. The fraction of sp³-hybridized carbons (Fsp3) is 0.429. The molecule has 2 aliphatic heterocycles. The number of benzene rings is 1. The quantitative estimate of drug-likeness (QED) is 0.359. The molecule has 0 aliphatic carbocycles. The van der Waals surface area contributed by atoms with Crippen molar-refractivity contribution in [3.63, 3.8) is 0 Å². The summed E-state index contributed by atoms with van der Waals surface area (Å²) in [6.45, 7) is 3.98. The second-order valence-corrected chi connectivity index (χ2v) is 12.6. The first kappa shape index (κ1) is 28.8. The molecule has 4 amide bonds. The number of furan rings is 1. The van der Waals surface area contributed by atoms with Gasteiger partial charge in [0.15, 0.2) is 15.9 Å². The molecule has 2 saturated heterocycles. The number of carbonyl (C=O) groups excluding carboxylic acids is 5. The van der Waals surface area contributed by atoms with Gasteiger partial charge in [-0.25, -0.2) is 9.99 Å². The van der Waals surface area contributed by atoms with Gasteiger partial charge in [0.2, 0.25) is 11.8 Å². The number of fused-ring (bicyclic) bond motifs is 2. The largest absolute Gasteiger partial charge is 0.459 e. The lowest BCUT2D eigenvalue weighted by atomic mass is 9.99. The number of Topliss-reactive ketones (excluding diaryl/α,β-unsaturated/α-hetero) is 1. The van der Waals surface area contributed by atoms with Crippen molar-refractivity contribution in [3.8, 4) is 0 Å². The second kappa shape index (κ2) is 12.4. The normalized spacial score (nSPS) is 20.1. The Morgan fingerprint density at radius 3 is 2.68 bits per heavy atom. The van der Waals surface area contributed by atoms with Crippen LogP contribution in [0.25, 0.3) is 10.2 Å². The summed E-state index contributed by atoms with van der Waals surface area (Å²) in [6, 6.07) is 8.00. The summed E-state index contributed by atoms with van der Waals surface area (Å²) in [7, 11) is 0. The molecule has 1 aromatic carbocycles. The van der Waals surface area contributed by atoms with E-state index in [2.05, 4.69) is 15.6 Å². The van der Waals surface area contributed by atoms with E-state index in [1.165, 1.54) is 45.4 Å². The van der Waals surface area contributed by atoms with Crippen molar-refractivity contribution in [2.75, 3.05) is 12.3 Å². The van der Waals surface area contributed by atoms with Gasteiger partial charge in [-0.2, -0.15) is 0 Å². The zero-order valence-electron chi connectivity index (χ0n) is 22.7. The molecule has 11 nitrogen and oxygen atoms in total. The third kappa shape index (κ3) is 6.30. The monoisotopic (exact) mass is 597 g/mol. The van der Waals surface area contributed by atoms with E-state index in [1.54, 1.807) is 6.07 Å². The molecular formula is C28H31N5O6S2. The number of ketones is 1. The van der Waals surface area contributed by atoms with Crippen LogP contribution in [0.15, 0.2) is 51.4 Å². The molecule has 3 aromatic rings. The van der Waals surface area contributed by atoms with Gasteiger partial charge in [0.25, 0.3) is 11.8 Å². The minimum Gasteiger partial charge on any atom is -0.459 e. The number of hydrogen-bond donors (Lipinski definition) is 2. The lowest BCUT2D eigenvalue weighted by Crippen LogP contribution is -2.64. The number of para-hydroxylation sites is 1. The third-order valence-corrected chi connectivity index (χ3v) is 9.34. The van der Waals surface area contributed by atoms with Crippen LogP contribution in [0.5, 0.6) is 0 Å². The Balaban J connectivity index is 1.28. The summed E-state index contributed by atoms with van der Waals surface area (Å²) >= 11 is 2.84. The number of thiazole rings is 1. The molecule has 0 radical (unpaired) electrons. The van der Waals surface area contributed by atoms with Gasteiger partial charge < -0.3 is 15.1 Å². The Bertz CT molecular complexity index is 1420. The molecule has 13 heteroatoms. The third-order valence-electron chi connectivity index (χ3n) is 7.14. The van der Waals surface area contributed by atoms with Crippen molar-refractivity contribution < 1.29 is 28.4 Å². The molecule has 2 aliphatic rings. The van der Waals surface area contributed by atoms with Gasteiger partial charge in [-0.1, -0.05) is 37.7 Å². The summed E-state index contributed by atoms with van der Waals surface area (Å²) in [5.74, 6) is -2.13. The fourth-order valence-electron chi connectivity index (χ4n) is 5.05. The summed E-state index contributed by atoms with van der Waals surface area (Å²) in [5, 5.41) is 8.00. The van der Waals surface area contributed by atoms with Crippen molar-refractivity contribution >= 4 is 62.7 Å². The SMILES string of the molecule is CC(C)[C@H](NC(=O)[C@@H]1CCCN2C(=O)CC[C@H](NC(=O)c3ccco3)C(=O)N12)C(=O)CSc1nc2ccccc2s1. The van der Waals surface area contributed by atoms with E-state index in [-0.39, 0.29) is 42.0 Å². The van der Waals surface area contributed by atoms with Crippen LogP contribution in [0.4, 0.5) is 0 Å². The molecule has 2 fully saturated rings. The lowest BCUT2D eigenvalue weighted by Gasteiger charge is -2.43. The van der Waals surface area contributed by atoms with Gasteiger partial charge in [-0.15, -0.1) is 11.3 Å². The van der Waals surface area contributed by atoms with E-state index < -0.39 is 35.8 Å². The van der Waals surface area contributed by atoms with Crippen molar-refractivity contribution in [2.24, 2.45) is 5.92 Å². The Morgan fingerprint density at radius 2 is 1.95 bits per heavy atom. The highest BCUT2D eigenvalue weighted by Gasteiger charge is 2.45. The average Bonchev–Trinajstić information content (AvgIpc) is 3.63. The first-order chi connectivity index (χ1) is 19.7. The molecule has 0 unspecified atom stereocenters. The fourth-order valence-corrected chi connectivity index (χ4v) is 7.03. The van der Waals surface area contributed by atoms with Crippen LogP contribution < -0.4 is 10.6 Å². The van der Waals surface area contributed by atoms with E-state index in [9.17, 15) is 24.0 Å². The van der Waals surface area contributed by atoms with Gasteiger partial charge in [0.1, 0.15) is 12.1 Å². The number of rotatable bonds is 9. The molecule has 4 heterocycles. The average molecular weight is 598 g/mol. The lowest BCUT2D eigenvalue weighted by molar-refractivity contribution is -0.176. The van der Waals surface area contributed by atoms with Gasteiger partial charge in [0.05, 0.1) is 28.3 Å². The highest BCUT2D eigenvalue weighted by Crippen LogP contribution is 2.30. The van der Waals surface area contributed by atoms with Crippen molar-refractivity contribution in [3.05, 3.63) is 48.4 Å². The Hall–Kier alpha value is -3.71. The highest BCUT2D eigenvalue weighted by molar-refractivity contribution is 8.01. The van der Waals surface area contributed by atoms with Gasteiger partial charge in [-0.3, -0.25) is 29.0 Å². The highest BCUT2D eigenvalue weighted by atomic mass is 32.2. The van der Waals surface area contributed by atoms with Crippen molar-refractivity contribution in [2.45, 2.75) is 62.0 Å². The molecule has 0 saturated carbocycles. The summed E-state index contributed by atoms with van der Waals surface area (Å²) < 4.78 is 6.93. The molecule has 2 aromatic heterocycles. The molecular weight excluding hydrogens is 566 g/mol. The maximum absolute atomic E-state index is 13.7. The van der Waals surface area contributed by atoms with Gasteiger partial charge in [0, 0.05) is 13.0 Å². The van der Waals surface area contributed by atoms with E-state index in [1.807, 2.05) is 38.1 Å². The molecule has 0 bridgehead atoms. The smallest absolute Gasteiger partial charge is 0.287 e. The molecule has 2 N–H and O–H groups in total. The van der Waals surface area contributed by atoms with Crippen LogP contribution in [0.3, 0.4) is 0 Å². The molecule has 41 heavy (non-hydrogen) atoms. The van der Waals surface area contributed by atoms with E-state index >= 15 is 0 Å². The molecule has 5 rings (SSSR count).